The lowest BCUT2D eigenvalue weighted by Crippen LogP contribution is -2.37. The van der Waals surface area contributed by atoms with Gasteiger partial charge in [0.05, 0.1) is 13.2 Å². The molecule has 16 heavy (non-hydrogen) atoms. The molecule has 0 saturated heterocycles. The zero-order valence-corrected chi connectivity index (χ0v) is 10.2. The van der Waals surface area contributed by atoms with E-state index in [0.717, 1.165) is 13.0 Å². The first-order valence-corrected chi connectivity index (χ1v) is 5.84. The highest BCUT2D eigenvalue weighted by atomic mass is 16.5. The second-order valence-electron chi connectivity index (χ2n) is 3.46. The summed E-state index contributed by atoms with van der Waals surface area (Å²) < 4.78 is 10.5. The number of aliphatic carboxylic acids is 1. The normalized spacial score (nSPS) is 12.6. The Labute approximate surface area is 97.1 Å². The maximum Gasteiger partial charge on any atom is 0.320 e. The van der Waals surface area contributed by atoms with E-state index in [-0.39, 0.29) is 0 Å². The summed E-state index contributed by atoms with van der Waals surface area (Å²) >= 11 is 0. The molecular weight excluding hydrogens is 210 g/mol. The van der Waals surface area contributed by atoms with Crippen molar-refractivity contribution in [1.82, 2.24) is 5.32 Å². The molecule has 0 aliphatic heterocycles. The van der Waals surface area contributed by atoms with Crippen molar-refractivity contribution in [2.75, 3.05) is 33.0 Å². The van der Waals surface area contributed by atoms with E-state index in [0.29, 0.717) is 32.8 Å². The molecule has 0 amide bonds. The van der Waals surface area contributed by atoms with Crippen molar-refractivity contribution in [2.45, 2.75) is 32.7 Å². The topological polar surface area (TPSA) is 67.8 Å². The van der Waals surface area contributed by atoms with Crippen LogP contribution < -0.4 is 5.32 Å². The summed E-state index contributed by atoms with van der Waals surface area (Å²) in [5, 5.41) is 11.7. The molecule has 0 fully saturated rings. The van der Waals surface area contributed by atoms with Gasteiger partial charge in [-0.3, -0.25) is 4.79 Å². The molecule has 2 N–H and O–H groups in total. The second kappa shape index (κ2) is 10.9. The van der Waals surface area contributed by atoms with E-state index in [1.54, 1.807) is 0 Å². The van der Waals surface area contributed by atoms with E-state index in [9.17, 15) is 4.79 Å². The van der Waals surface area contributed by atoms with Crippen LogP contribution in [0.3, 0.4) is 0 Å². The molecule has 0 aromatic carbocycles. The Morgan fingerprint density at radius 3 is 2.31 bits per heavy atom. The molecule has 0 saturated carbocycles. The summed E-state index contributed by atoms with van der Waals surface area (Å²) in [7, 11) is 0. The zero-order valence-electron chi connectivity index (χ0n) is 10.2. The highest BCUT2D eigenvalue weighted by Gasteiger charge is 2.14. The third-order valence-corrected chi connectivity index (χ3v) is 2.02. The number of ether oxygens (including phenoxy) is 2. The van der Waals surface area contributed by atoms with Gasteiger partial charge in [0.1, 0.15) is 6.04 Å². The lowest BCUT2D eigenvalue weighted by Gasteiger charge is -2.12. The Morgan fingerprint density at radius 1 is 1.19 bits per heavy atom. The molecule has 0 aromatic rings. The lowest BCUT2D eigenvalue weighted by molar-refractivity contribution is -0.140. The minimum Gasteiger partial charge on any atom is -0.480 e. The smallest absolute Gasteiger partial charge is 0.320 e. The predicted molar refractivity (Wildman–Crippen MR) is 61.6 cm³/mol. The molecule has 5 heteroatoms. The number of nitrogens with one attached hydrogen (secondary N) is 1. The number of carboxylic acids is 1. The summed E-state index contributed by atoms with van der Waals surface area (Å²) in [6.07, 6.45) is 1.48. The van der Waals surface area contributed by atoms with Crippen molar-refractivity contribution in [3.63, 3.8) is 0 Å². The molecule has 1 unspecified atom stereocenters. The van der Waals surface area contributed by atoms with Gasteiger partial charge in [-0.25, -0.2) is 0 Å². The third-order valence-electron chi connectivity index (χ3n) is 2.02. The summed E-state index contributed by atoms with van der Waals surface area (Å²) in [6.45, 7) is 6.88. The molecule has 0 spiro atoms. The molecule has 0 rings (SSSR count). The Kier molecular flexibility index (Phi) is 10.4. The van der Waals surface area contributed by atoms with Gasteiger partial charge in [-0.05, 0) is 19.4 Å². The van der Waals surface area contributed by atoms with Crippen LogP contribution in [-0.4, -0.2) is 50.1 Å². The highest BCUT2D eigenvalue weighted by molar-refractivity contribution is 5.73. The van der Waals surface area contributed by atoms with Crippen LogP contribution in [0.2, 0.25) is 0 Å². The van der Waals surface area contributed by atoms with Gasteiger partial charge in [-0.2, -0.15) is 0 Å². The largest absolute Gasteiger partial charge is 0.480 e. The first-order valence-electron chi connectivity index (χ1n) is 5.84. The second-order valence-corrected chi connectivity index (χ2v) is 3.46. The molecule has 5 nitrogen and oxygen atoms in total. The van der Waals surface area contributed by atoms with Crippen LogP contribution in [0.4, 0.5) is 0 Å². The Hall–Kier alpha value is -0.650. The van der Waals surface area contributed by atoms with Crippen LogP contribution in [0, 0.1) is 0 Å². The van der Waals surface area contributed by atoms with E-state index in [4.69, 9.17) is 14.6 Å². The van der Waals surface area contributed by atoms with Crippen LogP contribution in [0.15, 0.2) is 0 Å². The van der Waals surface area contributed by atoms with Crippen LogP contribution >= 0.6 is 0 Å². The molecule has 0 bridgehead atoms. The summed E-state index contributed by atoms with van der Waals surface area (Å²) in [6, 6.07) is -0.512. The van der Waals surface area contributed by atoms with Crippen molar-refractivity contribution < 1.29 is 19.4 Å². The van der Waals surface area contributed by atoms with Gasteiger partial charge < -0.3 is 19.9 Å². The van der Waals surface area contributed by atoms with Gasteiger partial charge in [0.2, 0.25) is 0 Å². The van der Waals surface area contributed by atoms with Gasteiger partial charge in [-0.15, -0.1) is 0 Å². The summed E-state index contributed by atoms with van der Waals surface area (Å²) in [4.78, 5) is 10.8. The molecule has 0 aliphatic rings. The average Bonchev–Trinajstić information content (AvgIpc) is 2.26. The number of likely N-dealkylation sites (N-methyl/N-ethyl adjacent to an activating group) is 1. The van der Waals surface area contributed by atoms with E-state index in [2.05, 4.69) is 12.2 Å². The monoisotopic (exact) mass is 233 g/mol. The highest BCUT2D eigenvalue weighted by Crippen LogP contribution is 1.93. The van der Waals surface area contributed by atoms with E-state index in [1.807, 2.05) is 6.92 Å². The standard InChI is InChI=1S/C11H23NO4/c1-3-6-15-8-9-16-7-5-10(11(13)14)12-4-2/h10,12H,3-9H2,1-2H3,(H,13,14). The zero-order chi connectivity index (χ0) is 12.2. The number of carboxylic acid groups (broad SMARTS) is 1. The minimum absolute atomic E-state index is 0.444. The van der Waals surface area contributed by atoms with Gasteiger partial charge >= 0.3 is 5.97 Å². The Morgan fingerprint density at radius 2 is 1.81 bits per heavy atom. The number of rotatable bonds is 11. The predicted octanol–water partition coefficient (Wildman–Crippen LogP) is 0.882. The Balaban J connectivity index is 3.37. The van der Waals surface area contributed by atoms with Gasteiger partial charge in [0.15, 0.2) is 0 Å². The van der Waals surface area contributed by atoms with E-state index >= 15 is 0 Å². The van der Waals surface area contributed by atoms with Crippen LogP contribution in [0.1, 0.15) is 26.7 Å². The average molecular weight is 233 g/mol. The molecule has 0 radical (unpaired) electrons. The summed E-state index contributed by atoms with van der Waals surface area (Å²) in [5.74, 6) is -0.826. The van der Waals surface area contributed by atoms with Gasteiger partial charge in [-0.1, -0.05) is 13.8 Å². The maximum atomic E-state index is 10.8. The third kappa shape index (κ3) is 8.64. The van der Waals surface area contributed by atoms with Crippen molar-refractivity contribution in [1.29, 1.82) is 0 Å². The van der Waals surface area contributed by atoms with Gasteiger partial charge in [0, 0.05) is 13.2 Å². The quantitative estimate of drug-likeness (QED) is 0.519. The molecule has 0 aromatic heterocycles. The van der Waals surface area contributed by atoms with E-state index in [1.165, 1.54) is 0 Å². The number of hydrogen-bond acceptors (Lipinski definition) is 4. The first-order chi connectivity index (χ1) is 7.72. The van der Waals surface area contributed by atoms with Crippen molar-refractivity contribution in [3.8, 4) is 0 Å². The lowest BCUT2D eigenvalue weighted by atomic mass is 10.2. The number of hydrogen-bond donors (Lipinski definition) is 2. The molecule has 1 atom stereocenters. The Bertz CT molecular complexity index is 175. The van der Waals surface area contributed by atoms with E-state index < -0.39 is 12.0 Å². The van der Waals surface area contributed by atoms with Crippen molar-refractivity contribution in [3.05, 3.63) is 0 Å². The van der Waals surface area contributed by atoms with Gasteiger partial charge in [0.25, 0.3) is 0 Å². The maximum absolute atomic E-state index is 10.8. The fraction of sp³-hybridized carbons (Fsp3) is 0.909. The molecule has 0 heterocycles. The SMILES string of the molecule is CCCOCCOCCC(NCC)C(=O)O. The summed E-state index contributed by atoms with van der Waals surface area (Å²) in [5.41, 5.74) is 0. The van der Waals surface area contributed by atoms with Crippen LogP contribution in [-0.2, 0) is 14.3 Å². The fourth-order valence-electron chi connectivity index (χ4n) is 1.23. The van der Waals surface area contributed by atoms with Crippen molar-refractivity contribution >= 4 is 5.97 Å². The minimum atomic E-state index is -0.826. The molecular formula is C11H23NO4. The van der Waals surface area contributed by atoms with Crippen LogP contribution in [0.25, 0.3) is 0 Å². The number of carbonyl (C=O) groups is 1. The van der Waals surface area contributed by atoms with Crippen LogP contribution in [0.5, 0.6) is 0 Å². The first kappa shape index (κ1) is 15.3. The fourth-order valence-corrected chi connectivity index (χ4v) is 1.23. The molecule has 96 valence electrons. The van der Waals surface area contributed by atoms with Crippen molar-refractivity contribution in [2.24, 2.45) is 0 Å². The molecule has 0 aliphatic carbocycles.